The number of nitrogens with two attached hydrogens (primary N) is 1. The maximum atomic E-state index is 13.8. The zero-order chi connectivity index (χ0) is 18.8. The third-order valence-electron chi connectivity index (χ3n) is 5.45. The van der Waals surface area contributed by atoms with Crippen molar-refractivity contribution in [3.05, 3.63) is 94.8 Å². The number of rotatable bonds is 5. The Morgan fingerprint density at radius 3 is 2.22 bits per heavy atom. The van der Waals surface area contributed by atoms with E-state index in [-0.39, 0.29) is 5.56 Å². The van der Waals surface area contributed by atoms with Gasteiger partial charge in [-0.2, -0.15) is 0 Å². The van der Waals surface area contributed by atoms with Crippen molar-refractivity contribution in [1.29, 1.82) is 0 Å². The second-order valence-electron chi connectivity index (χ2n) is 7.37. The summed E-state index contributed by atoms with van der Waals surface area (Å²) < 4.78 is 13.8. The van der Waals surface area contributed by atoms with Crippen molar-refractivity contribution >= 4 is 5.91 Å². The van der Waals surface area contributed by atoms with Gasteiger partial charge in [0.25, 0.3) is 0 Å². The quantitative estimate of drug-likeness (QED) is 0.689. The molecule has 3 heteroatoms. The summed E-state index contributed by atoms with van der Waals surface area (Å²) in [4.78, 5) is 11.3. The van der Waals surface area contributed by atoms with Crippen LogP contribution in [0.15, 0.2) is 66.7 Å². The number of aryl methyl sites for hydroxylation is 1. The summed E-state index contributed by atoms with van der Waals surface area (Å²) in [6.07, 6.45) is 4.55. The second kappa shape index (κ2) is 7.36. The van der Waals surface area contributed by atoms with Crippen molar-refractivity contribution in [2.75, 3.05) is 0 Å². The number of halogens is 1. The van der Waals surface area contributed by atoms with Gasteiger partial charge in [-0.1, -0.05) is 48.5 Å². The van der Waals surface area contributed by atoms with Crippen molar-refractivity contribution in [2.24, 2.45) is 11.7 Å². The largest absolute Gasteiger partial charge is 0.366 e. The third kappa shape index (κ3) is 3.92. The summed E-state index contributed by atoms with van der Waals surface area (Å²) >= 11 is 0. The standard InChI is InChI=1S/C24H22FNO/c25-23-14-21(13-22(15-23)24(26)27)18-9-7-16(8-10-18)5-6-17-11-19-3-1-2-4-20(19)12-17/h1-4,7-10,13-15,17H,5-6,11-12H2,(H2,26,27). The molecule has 3 aromatic carbocycles. The highest BCUT2D eigenvalue weighted by atomic mass is 19.1. The highest BCUT2D eigenvalue weighted by Gasteiger charge is 2.20. The lowest BCUT2D eigenvalue weighted by Gasteiger charge is -2.10. The Balaban J connectivity index is 1.42. The molecule has 0 bridgehead atoms. The highest BCUT2D eigenvalue weighted by molar-refractivity contribution is 5.94. The zero-order valence-electron chi connectivity index (χ0n) is 15.1. The minimum Gasteiger partial charge on any atom is -0.366 e. The van der Waals surface area contributed by atoms with Crippen LogP contribution in [0.2, 0.25) is 0 Å². The Bertz CT molecular complexity index is 953. The van der Waals surface area contributed by atoms with Gasteiger partial charge in [-0.3, -0.25) is 4.79 Å². The van der Waals surface area contributed by atoms with Crippen molar-refractivity contribution in [1.82, 2.24) is 0 Å². The van der Waals surface area contributed by atoms with E-state index in [1.807, 2.05) is 12.1 Å². The van der Waals surface area contributed by atoms with E-state index < -0.39 is 11.7 Å². The predicted molar refractivity (Wildman–Crippen MR) is 106 cm³/mol. The first kappa shape index (κ1) is 17.5. The molecular formula is C24H22FNO. The molecular weight excluding hydrogens is 337 g/mol. The van der Waals surface area contributed by atoms with Crippen LogP contribution in [-0.4, -0.2) is 5.91 Å². The average Bonchev–Trinajstić information content (AvgIpc) is 3.09. The molecule has 136 valence electrons. The van der Waals surface area contributed by atoms with Crippen LogP contribution in [0.5, 0.6) is 0 Å². The first-order valence-corrected chi connectivity index (χ1v) is 9.35. The molecule has 0 heterocycles. The normalized spacial score (nSPS) is 13.5. The summed E-state index contributed by atoms with van der Waals surface area (Å²) in [7, 11) is 0. The Kier molecular flexibility index (Phi) is 4.76. The molecule has 4 rings (SSSR count). The highest BCUT2D eigenvalue weighted by Crippen LogP contribution is 2.30. The summed E-state index contributed by atoms with van der Waals surface area (Å²) in [6.45, 7) is 0. The first-order chi connectivity index (χ1) is 13.1. The van der Waals surface area contributed by atoms with Crippen LogP contribution in [0.25, 0.3) is 11.1 Å². The topological polar surface area (TPSA) is 43.1 Å². The Hall–Kier alpha value is -2.94. The zero-order valence-corrected chi connectivity index (χ0v) is 15.1. The van der Waals surface area contributed by atoms with Gasteiger partial charge in [-0.25, -0.2) is 4.39 Å². The average molecular weight is 359 g/mol. The van der Waals surface area contributed by atoms with Gasteiger partial charge in [-0.15, -0.1) is 0 Å². The minimum atomic E-state index is -0.620. The molecule has 0 spiro atoms. The van der Waals surface area contributed by atoms with Crippen LogP contribution in [-0.2, 0) is 19.3 Å². The van der Waals surface area contributed by atoms with Gasteiger partial charge in [0.2, 0.25) is 5.91 Å². The van der Waals surface area contributed by atoms with Crippen molar-refractivity contribution in [3.63, 3.8) is 0 Å². The lowest BCUT2D eigenvalue weighted by molar-refractivity contribution is 0.1000. The molecule has 0 aromatic heterocycles. The lowest BCUT2D eigenvalue weighted by atomic mass is 9.95. The van der Waals surface area contributed by atoms with Gasteiger partial charge in [0.1, 0.15) is 5.82 Å². The lowest BCUT2D eigenvalue weighted by Crippen LogP contribution is -2.11. The van der Waals surface area contributed by atoms with E-state index >= 15 is 0 Å². The molecule has 2 N–H and O–H groups in total. The Morgan fingerprint density at radius 2 is 1.59 bits per heavy atom. The van der Waals surface area contributed by atoms with Crippen LogP contribution in [0.1, 0.15) is 33.5 Å². The van der Waals surface area contributed by atoms with Crippen molar-refractivity contribution < 1.29 is 9.18 Å². The molecule has 27 heavy (non-hydrogen) atoms. The molecule has 0 radical (unpaired) electrons. The fraction of sp³-hybridized carbons (Fsp3) is 0.208. The number of hydrogen-bond donors (Lipinski definition) is 1. The fourth-order valence-corrected chi connectivity index (χ4v) is 3.99. The van der Waals surface area contributed by atoms with E-state index in [1.165, 1.54) is 48.1 Å². The van der Waals surface area contributed by atoms with E-state index in [0.29, 0.717) is 11.5 Å². The van der Waals surface area contributed by atoms with Crippen molar-refractivity contribution in [3.8, 4) is 11.1 Å². The van der Waals surface area contributed by atoms with Gasteiger partial charge in [-0.05, 0) is 77.6 Å². The fourth-order valence-electron chi connectivity index (χ4n) is 3.99. The summed E-state index contributed by atoms with van der Waals surface area (Å²) in [5.41, 5.74) is 11.3. The molecule has 1 amide bonds. The monoisotopic (exact) mass is 359 g/mol. The van der Waals surface area contributed by atoms with E-state index in [1.54, 1.807) is 6.07 Å². The molecule has 0 fully saturated rings. The number of carbonyl (C=O) groups is 1. The maximum absolute atomic E-state index is 13.8. The number of fused-ring (bicyclic) bond motifs is 1. The van der Waals surface area contributed by atoms with E-state index in [4.69, 9.17) is 5.73 Å². The Morgan fingerprint density at radius 1 is 0.926 bits per heavy atom. The number of primary amides is 1. The predicted octanol–water partition coefficient (Wildman–Crippen LogP) is 4.94. The van der Waals surface area contributed by atoms with Crippen LogP contribution in [0, 0.1) is 11.7 Å². The summed E-state index contributed by atoms with van der Waals surface area (Å²) in [5.74, 6) is -0.362. The van der Waals surface area contributed by atoms with Gasteiger partial charge >= 0.3 is 0 Å². The molecule has 0 atom stereocenters. The number of hydrogen-bond acceptors (Lipinski definition) is 1. The summed E-state index contributed by atoms with van der Waals surface area (Å²) in [5, 5.41) is 0. The minimum absolute atomic E-state index is 0.190. The van der Waals surface area contributed by atoms with E-state index in [0.717, 1.165) is 12.0 Å². The van der Waals surface area contributed by atoms with Gasteiger partial charge in [0, 0.05) is 5.56 Å². The van der Waals surface area contributed by atoms with E-state index in [2.05, 4.69) is 36.4 Å². The molecule has 1 aliphatic rings. The van der Waals surface area contributed by atoms with Crippen LogP contribution < -0.4 is 5.73 Å². The maximum Gasteiger partial charge on any atom is 0.248 e. The molecule has 0 unspecified atom stereocenters. The molecule has 2 nitrogen and oxygen atoms in total. The van der Waals surface area contributed by atoms with E-state index in [9.17, 15) is 9.18 Å². The molecule has 3 aromatic rings. The van der Waals surface area contributed by atoms with Crippen LogP contribution in [0.4, 0.5) is 4.39 Å². The molecule has 0 saturated heterocycles. The van der Waals surface area contributed by atoms with Gasteiger partial charge in [0.15, 0.2) is 0 Å². The van der Waals surface area contributed by atoms with Crippen molar-refractivity contribution in [2.45, 2.75) is 25.7 Å². The second-order valence-corrected chi connectivity index (χ2v) is 7.37. The SMILES string of the molecule is NC(=O)c1cc(F)cc(-c2ccc(CCC3Cc4ccccc4C3)cc2)c1. The smallest absolute Gasteiger partial charge is 0.248 e. The molecule has 0 aliphatic heterocycles. The number of benzene rings is 3. The molecule has 1 aliphatic carbocycles. The summed E-state index contributed by atoms with van der Waals surface area (Å²) in [6, 6.07) is 21.1. The van der Waals surface area contributed by atoms with Crippen LogP contribution >= 0.6 is 0 Å². The first-order valence-electron chi connectivity index (χ1n) is 9.35. The van der Waals surface area contributed by atoms with Crippen LogP contribution in [0.3, 0.4) is 0 Å². The Labute approximate surface area is 158 Å². The number of carbonyl (C=O) groups excluding carboxylic acids is 1. The third-order valence-corrected chi connectivity index (χ3v) is 5.45. The molecule has 0 saturated carbocycles. The number of amides is 1. The van der Waals surface area contributed by atoms with Gasteiger partial charge < -0.3 is 5.73 Å². The van der Waals surface area contributed by atoms with Gasteiger partial charge in [0.05, 0.1) is 0 Å².